The van der Waals surface area contributed by atoms with Gasteiger partial charge in [0.25, 0.3) is 0 Å². The van der Waals surface area contributed by atoms with E-state index in [1.807, 2.05) is 12.1 Å². The highest BCUT2D eigenvalue weighted by Gasteiger charge is 2.22. The van der Waals surface area contributed by atoms with Gasteiger partial charge in [0.2, 0.25) is 0 Å². The van der Waals surface area contributed by atoms with Crippen molar-refractivity contribution < 1.29 is 4.79 Å². The molecule has 0 aliphatic rings. The molecule has 0 aliphatic carbocycles. The Labute approximate surface area is 212 Å². The van der Waals surface area contributed by atoms with Gasteiger partial charge in [-0.25, -0.2) is 0 Å². The fourth-order valence-electron chi connectivity index (χ4n) is 3.85. The standard InChI is InChI=1S/C31H30OS2/c1-23-13-17-28(18-14-23)33-30(25-9-5-3-6-10-25)21-27(32)22-31(26-11-7-4-8-12-26)34-29-19-15-24(2)16-20-29/h3-20,30-31H,21-22H2,1-2H3. The Bertz CT molecular complexity index is 1070. The van der Waals surface area contributed by atoms with E-state index in [9.17, 15) is 4.79 Å². The molecule has 0 bridgehead atoms. The van der Waals surface area contributed by atoms with Crippen molar-refractivity contribution in [3.63, 3.8) is 0 Å². The van der Waals surface area contributed by atoms with Crippen molar-refractivity contribution in [3.8, 4) is 0 Å². The highest BCUT2D eigenvalue weighted by atomic mass is 32.2. The van der Waals surface area contributed by atoms with Gasteiger partial charge in [-0.15, -0.1) is 23.5 Å². The number of benzene rings is 4. The SMILES string of the molecule is Cc1ccc(SC(CC(=O)CC(Sc2ccc(C)cc2)c2ccccc2)c2ccccc2)cc1. The molecular weight excluding hydrogens is 452 g/mol. The summed E-state index contributed by atoms with van der Waals surface area (Å²) in [5, 5.41) is 0.189. The van der Waals surface area contributed by atoms with Crippen LogP contribution in [-0.2, 0) is 4.79 Å². The molecule has 1 nitrogen and oxygen atoms in total. The Morgan fingerprint density at radius 1 is 0.559 bits per heavy atom. The summed E-state index contributed by atoms with van der Waals surface area (Å²) >= 11 is 3.56. The van der Waals surface area contributed by atoms with Crippen LogP contribution in [0, 0.1) is 13.8 Å². The van der Waals surface area contributed by atoms with Crippen LogP contribution in [0.1, 0.15) is 45.6 Å². The third-order valence-corrected chi connectivity index (χ3v) is 8.30. The third-order valence-electron chi connectivity index (χ3n) is 5.77. The number of hydrogen-bond donors (Lipinski definition) is 0. The van der Waals surface area contributed by atoms with Crippen LogP contribution in [0.2, 0.25) is 0 Å². The molecule has 34 heavy (non-hydrogen) atoms. The molecule has 4 rings (SSSR count). The number of hydrogen-bond acceptors (Lipinski definition) is 3. The Hall–Kier alpha value is -2.75. The minimum atomic E-state index is 0.0946. The summed E-state index contributed by atoms with van der Waals surface area (Å²) in [4.78, 5) is 15.9. The topological polar surface area (TPSA) is 17.1 Å². The van der Waals surface area contributed by atoms with Gasteiger partial charge in [0.1, 0.15) is 5.78 Å². The molecule has 0 aromatic heterocycles. The van der Waals surface area contributed by atoms with E-state index in [0.717, 1.165) is 0 Å². The minimum absolute atomic E-state index is 0.0946. The van der Waals surface area contributed by atoms with Crippen LogP contribution in [0.15, 0.2) is 119 Å². The van der Waals surface area contributed by atoms with Gasteiger partial charge in [-0.05, 0) is 49.2 Å². The summed E-state index contributed by atoms with van der Waals surface area (Å²) in [6, 6.07) is 38.0. The van der Waals surface area contributed by atoms with Crippen molar-refractivity contribution in [2.24, 2.45) is 0 Å². The summed E-state index contributed by atoms with van der Waals surface area (Å²) in [7, 11) is 0. The number of Topliss-reactive ketones (excluding diaryl/α,β-unsaturated/α-hetero) is 1. The highest BCUT2D eigenvalue weighted by molar-refractivity contribution is 7.99. The van der Waals surface area contributed by atoms with E-state index in [0.29, 0.717) is 18.6 Å². The van der Waals surface area contributed by atoms with Crippen LogP contribution in [0.4, 0.5) is 0 Å². The van der Waals surface area contributed by atoms with Gasteiger partial charge < -0.3 is 0 Å². The first-order valence-electron chi connectivity index (χ1n) is 11.6. The maximum absolute atomic E-state index is 13.5. The first-order valence-corrected chi connectivity index (χ1v) is 13.4. The normalized spacial score (nSPS) is 12.8. The second-order valence-electron chi connectivity index (χ2n) is 8.61. The Morgan fingerprint density at radius 2 is 0.912 bits per heavy atom. The van der Waals surface area contributed by atoms with Gasteiger partial charge in [-0.3, -0.25) is 4.79 Å². The molecule has 172 valence electrons. The number of ketones is 1. The molecule has 2 atom stereocenters. The van der Waals surface area contributed by atoms with Crippen molar-refractivity contribution in [2.45, 2.75) is 47.0 Å². The van der Waals surface area contributed by atoms with Crippen LogP contribution in [0.25, 0.3) is 0 Å². The second kappa shape index (κ2) is 12.1. The fourth-order valence-corrected chi connectivity index (χ4v) is 6.22. The maximum atomic E-state index is 13.5. The summed E-state index contributed by atoms with van der Waals surface area (Å²) < 4.78 is 0. The largest absolute Gasteiger partial charge is 0.300 e. The molecule has 4 aromatic carbocycles. The minimum Gasteiger partial charge on any atom is -0.300 e. The molecule has 4 aromatic rings. The number of carbonyl (C=O) groups excluding carboxylic acids is 1. The fraction of sp³-hybridized carbons (Fsp3) is 0.194. The Morgan fingerprint density at radius 3 is 1.26 bits per heavy atom. The first-order chi connectivity index (χ1) is 16.6. The highest BCUT2D eigenvalue weighted by Crippen LogP contribution is 2.42. The molecule has 0 saturated heterocycles. The zero-order valence-electron chi connectivity index (χ0n) is 19.7. The van der Waals surface area contributed by atoms with Gasteiger partial charge in [0.05, 0.1) is 0 Å². The van der Waals surface area contributed by atoms with Crippen LogP contribution in [0.3, 0.4) is 0 Å². The second-order valence-corrected chi connectivity index (χ2v) is 11.2. The Kier molecular flexibility index (Phi) is 8.67. The van der Waals surface area contributed by atoms with Gasteiger partial charge in [-0.1, -0.05) is 96.1 Å². The lowest BCUT2D eigenvalue weighted by molar-refractivity contribution is -0.119. The van der Waals surface area contributed by atoms with Gasteiger partial charge >= 0.3 is 0 Å². The summed E-state index contributed by atoms with van der Waals surface area (Å²) in [5.74, 6) is 0.293. The molecule has 0 spiro atoms. The molecule has 3 heteroatoms. The third kappa shape index (κ3) is 7.12. The monoisotopic (exact) mass is 482 g/mol. The number of carbonyl (C=O) groups is 1. The molecule has 0 aliphatic heterocycles. The summed E-state index contributed by atoms with van der Waals surface area (Å²) in [6.45, 7) is 4.20. The van der Waals surface area contributed by atoms with Crippen LogP contribution in [0.5, 0.6) is 0 Å². The molecular formula is C31H30OS2. The van der Waals surface area contributed by atoms with E-state index in [1.165, 1.54) is 32.0 Å². The van der Waals surface area contributed by atoms with E-state index >= 15 is 0 Å². The average molecular weight is 483 g/mol. The zero-order valence-corrected chi connectivity index (χ0v) is 21.3. The van der Waals surface area contributed by atoms with E-state index in [4.69, 9.17) is 0 Å². The summed E-state index contributed by atoms with van der Waals surface area (Å²) in [6.07, 6.45) is 1.03. The van der Waals surface area contributed by atoms with Crippen molar-refractivity contribution >= 4 is 29.3 Å². The molecule has 0 saturated carbocycles. The maximum Gasteiger partial charge on any atom is 0.135 e. The lowest BCUT2D eigenvalue weighted by Crippen LogP contribution is -2.09. The van der Waals surface area contributed by atoms with Crippen molar-refractivity contribution in [1.82, 2.24) is 0 Å². The van der Waals surface area contributed by atoms with Gasteiger partial charge in [-0.2, -0.15) is 0 Å². The van der Waals surface area contributed by atoms with Crippen molar-refractivity contribution in [2.75, 3.05) is 0 Å². The molecule has 0 amide bonds. The van der Waals surface area contributed by atoms with Crippen molar-refractivity contribution in [3.05, 3.63) is 131 Å². The molecule has 0 radical (unpaired) electrons. The van der Waals surface area contributed by atoms with E-state index in [-0.39, 0.29) is 10.5 Å². The van der Waals surface area contributed by atoms with E-state index in [1.54, 1.807) is 23.5 Å². The quantitative estimate of drug-likeness (QED) is 0.210. The predicted octanol–water partition coefficient (Wildman–Crippen LogP) is 9.02. The van der Waals surface area contributed by atoms with E-state index < -0.39 is 0 Å². The van der Waals surface area contributed by atoms with Crippen LogP contribution < -0.4 is 0 Å². The van der Waals surface area contributed by atoms with Gasteiger partial charge in [0.15, 0.2) is 0 Å². The molecule has 2 unspecified atom stereocenters. The van der Waals surface area contributed by atoms with Gasteiger partial charge in [0, 0.05) is 33.1 Å². The smallest absolute Gasteiger partial charge is 0.135 e. The van der Waals surface area contributed by atoms with Crippen LogP contribution in [-0.4, -0.2) is 5.78 Å². The molecule has 0 fully saturated rings. The number of thioether (sulfide) groups is 2. The molecule has 0 N–H and O–H groups in total. The van der Waals surface area contributed by atoms with E-state index in [2.05, 4.69) is 111 Å². The van der Waals surface area contributed by atoms with Crippen molar-refractivity contribution in [1.29, 1.82) is 0 Å². The predicted molar refractivity (Wildman–Crippen MR) is 147 cm³/mol. The molecule has 0 heterocycles. The number of aryl methyl sites for hydroxylation is 2. The summed E-state index contributed by atoms with van der Waals surface area (Å²) in [5.41, 5.74) is 4.89. The van der Waals surface area contributed by atoms with Crippen LogP contribution >= 0.6 is 23.5 Å². The number of rotatable bonds is 10. The Balaban J connectivity index is 1.52. The lowest BCUT2D eigenvalue weighted by atomic mass is 10.0. The average Bonchev–Trinajstić information content (AvgIpc) is 2.87. The lowest BCUT2D eigenvalue weighted by Gasteiger charge is -2.20. The zero-order chi connectivity index (χ0) is 23.8. The first kappa shape index (κ1) is 24.4.